The summed E-state index contributed by atoms with van der Waals surface area (Å²) in [5.74, 6) is 1.13. The van der Waals surface area contributed by atoms with Crippen LogP contribution in [0.5, 0.6) is 0 Å². The minimum atomic E-state index is 0.168. The lowest BCUT2D eigenvalue weighted by Gasteiger charge is -2.31. The van der Waals surface area contributed by atoms with Crippen molar-refractivity contribution >= 4 is 17.5 Å². The molecule has 1 aromatic rings. The van der Waals surface area contributed by atoms with Crippen molar-refractivity contribution in [3.8, 4) is 0 Å². The molecule has 1 aromatic carbocycles. The van der Waals surface area contributed by atoms with E-state index in [4.69, 9.17) is 0 Å². The monoisotopic (exact) mass is 298 g/mol. The lowest BCUT2D eigenvalue weighted by Crippen LogP contribution is -2.38. The molecule has 1 fully saturated rings. The van der Waals surface area contributed by atoms with Gasteiger partial charge in [-0.1, -0.05) is 6.92 Å². The van der Waals surface area contributed by atoms with E-state index in [-0.39, 0.29) is 11.8 Å². The van der Waals surface area contributed by atoms with Crippen LogP contribution in [-0.4, -0.2) is 36.3 Å². The van der Waals surface area contributed by atoms with E-state index in [0.717, 1.165) is 62.5 Å². The molecule has 2 amide bonds. The molecule has 0 bridgehead atoms. The molecule has 0 spiro atoms. The van der Waals surface area contributed by atoms with Gasteiger partial charge in [-0.25, -0.2) is 0 Å². The fourth-order valence-corrected chi connectivity index (χ4v) is 3.98. The van der Waals surface area contributed by atoms with Crippen molar-refractivity contribution in [2.24, 2.45) is 5.92 Å². The molecule has 0 radical (unpaired) electrons. The lowest BCUT2D eigenvalue weighted by atomic mass is 9.95. The average Bonchev–Trinajstić information content (AvgIpc) is 2.96. The normalized spacial score (nSPS) is 21.2. The van der Waals surface area contributed by atoms with Gasteiger partial charge in [0.2, 0.25) is 5.91 Å². The Hall–Kier alpha value is -1.84. The average molecular weight is 298 g/mol. The summed E-state index contributed by atoms with van der Waals surface area (Å²) in [5.41, 5.74) is 4.28. The molecule has 3 aliphatic heterocycles. The second kappa shape index (κ2) is 5.11. The van der Waals surface area contributed by atoms with E-state index in [1.54, 1.807) is 0 Å². The van der Waals surface area contributed by atoms with Crippen LogP contribution in [0.15, 0.2) is 12.1 Å². The first-order valence-electron chi connectivity index (χ1n) is 8.39. The molecule has 3 aliphatic rings. The van der Waals surface area contributed by atoms with Gasteiger partial charge in [-0.05, 0) is 54.9 Å². The quantitative estimate of drug-likeness (QED) is 0.799. The van der Waals surface area contributed by atoms with Crippen molar-refractivity contribution < 1.29 is 9.59 Å². The fraction of sp³-hybridized carbons (Fsp3) is 0.556. The number of rotatable bonds is 1. The number of nitrogens with zero attached hydrogens (tertiary/aromatic N) is 2. The number of piperidine rings is 1. The summed E-state index contributed by atoms with van der Waals surface area (Å²) in [5, 5.41) is 0. The van der Waals surface area contributed by atoms with Crippen LogP contribution in [0, 0.1) is 5.92 Å². The number of hydrogen-bond donors (Lipinski definition) is 0. The van der Waals surface area contributed by atoms with E-state index in [9.17, 15) is 9.59 Å². The van der Waals surface area contributed by atoms with E-state index < -0.39 is 0 Å². The third kappa shape index (κ3) is 2.13. The third-order valence-corrected chi connectivity index (χ3v) is 5.37. The van der Waals surface area contributed by atoms with Crippen LogP contribution >= 0.6 is 0 Å². The minimum Gasteiger partial charge on any atom is -0.339 e. The van der Waals surface area contributed by atoms with Crippen LogP contribution in [0.3, 0.4) is 0 Å². The Morgan fingerprint density at radius 1 is 1.05 bits per heavy atom. The van der Waals surface area contributed by atoms with Crippen LogP contribution in [0.25, 0.3) is 0 Å². The van der Waals surface area contributed by atoms with Crippen LogP contribution in [0.2, 0.25) is 0 Å². The Labute approximate surface area is 131 Å². The van der Waals surface area contributed by atoms with Gasteiger partial charge < -0.3 is 9.80 Å². The highest BCUT2D eigenvalue weighted by Crippen LogP contribution is 2.37. The zero-order valence-electron chi connectivity index (χ0n) is 13.1. The van der Waals surface area contributed by atoms with Crippen LogP contribution in [0.4, 0.5) is 5.69 Å². The Morgan fingerprint density at radius 2 is 1.73 bits per heavy atom. The highest BCUT2D eigenvalue weighted by molar-refractivity contribution is 6.01. The predicted octanol–water partition coefficient (Wildman–Crippen LogP) is 2.39. The fourth-order valence-electron chi connectivity index (χ4n) is 3.98. The number of carbonyl (C=O) groups is 2. The zero-order chi connectivity index (χ0) is 15.3. The Bertz CT molecular complexity index is 645. The number of benzene rings is 1. The van der Waals surface area contributed by atoms with Gasteiger partial charge in [-0.3, -0.25) is 9.59 Å². The van der Waals surface area contributed by atoms with Crippen molar-refractivity contribution in [3.05, 3.63) is 28.8 Å². The molecule has 0 saturated carbocycles. The molecule has 4 nitrogen and oxygen atoms in total. The van der Waals surface area contributed by atoms with Crippen LogP contribution < -0.4 is 4.90 Å². The molecule has 1 saturated heterocycles. The Kier molecular flexibility index (Phi) is 3.21. The summed E-state index contributed by atoms with van der Waals surface area (Å²) in [7, 11) is 0. The Morgan fingerprint density at radius 3 is 2.45 bits per heavy atom. The summed E-state index contributed by atoms with van der Waals surface area (Å²) in [6.07, 6.45) is 4.44. The summed E-state index contributed by atoms with van der Waals surface area (Å²) in [6, 6.07) is 4.06. The topological polar surface area (TPSA) is 40.6 Å². The molecular formula is C18H22N2O2. The van der Waals surface area contributed by atoms with Gasteiger partial charge in [0.05, 0.1) is 5.69 Å². The van der Waals surface area contributed by atoms with Crippen molar-refractivity contribution in [3.63, 3.8) is 0 Å². The lowest BCUT2D eigenvalue weighted by molar-refractivity contribution is -0.118. The molecule has 4 rings (SSSR count). The van der Waals surface area contributed by atoms with Gasteiger partial charge in [0, 0.05) is 31.6 Å². The van der Waals surface area contributed by atoms with Gasteiger partial charge in [-0.15, -0.1) is 0 Å². The largest absolute Gasteiger partial charge is 0.339 e. The second-order valence-electron chi connectivity index (χ2n) is 6.91. The first-order valence-corrected chi connectivity index (χ1v) is 8.39. The van der Waals surface area contributed by atoms with Crippen molar-refractivity contribution in [2.75, 3.05) is 24.5 Å². The minimum absolute atomic E-state index is 0.168. The maximum absolute atomic E-state index is 12.8. The van der Waals surface area contributed by atoms with Gasteiger partial charge in [-0.2, -0.15) is 0 Å². The maximum Gasteiger partial charge on any atom is 0.253 e. The molecule has 4 heteroatoms. The molecule has 0 aromatic heterocycles. The second-order valence-corrected chi connectivity index (χ2v) is 6.91. The molecule has 0 atom stereocenters. The SMILES string of the molecule is CC1CCN(C(=O)c2cc3c4c(c2)CCN4C(=O)CC3)CC1. The van der Waals surface area contributed by atoms with Gasteiger partial charge in [0.25, 0.3) is 5.91 Å². The number of hydrogen-bond acceptors (Lipinski definition) is 2. The van der Waals surface area contributed by atoms with Crippen molar-refractivity contribution in [1.82, 2.24) is 4.90 Å². The smallest absolute Gasteiger partial charge is 0.253 e. The number of likely N-dealkylation sites (tertiary alicyclic amines) is 1. The maximum atomic E-state index is 12.8. The first-order chi connectivity index (χ1) is 10.6. The summed E-state index contributed by atoms with van der Waals surface area (Å²) >= 11 is 0. The predicted molar refractivity (Wildman–Crippen MR) is 85.1 cm³/mol. The molecular weight excluding hydrogens is 276 g/mol. The summed E-state index contributed by atoms with van der Waals surface area (Å²) in [6.45, 7) is 4.78. The van der Waals surface area contributed by atoms with Crippen LogP contribution in [-0.2, 0) is 17.6 Å². The first kappa shape index (κ1) is 13.8. The third-order valence-electron chi connectivity index (χ3n) is 5.37. The molecule has 0 N–H and O–H groups in total. The highest BCUT2D eigenvalue weighted by Gasteiger charge is 2.32. The number of amides is 2. The zero-order valence-corrected chi connectivity index (χ0v) is 13.1. The molecule has 0 aliphatic carbocycles. The van der Waals surface area contributed by atoms with E-state index >= 15 is 0 Å². The number of anilines is 1. The highest BCUT2D eigenvalue weighted by atomic mass is 16.2. The van der Waals surface area contributed by atoms with Gasteiger partial charge in [0.15, 0.2) is 0 Å². The van der Waals surface area contributed by atoms with E-state index in [1.807, 2.05) is 21.9 Å². The molecule has 22 heavy (non-hydrogen) atoms. The van der Waals surface area contributed by atoms with Crippen molar-refractivity contribution in [2.45, 2.75) is 39.0 Å². The summed E-state index contributed by atoms with van der Waals surface area (Å²) in [4.78, 5) is 28.7. The van der Waals surface area contributed by atoms with E-state index in [2.05, 4.69) is 6.92 Å². The van der Waals surface area contributed by atoms with Crippen molar-refractivity contribution in [1.29, 1.82) is 0 Å². The standard InChI is InChI=1S/C18H22N2O2/c1-12-4-7-19(8-5-12)18(22)15-10-13-2-3-16(21)20-9-6-14(11-15)17(13)20/h10-12H,2-9H2,1H3. The summed E-state index contributed by atoms with van der Waals surface area (Å²) < 4.78 is 0. The van der Waals surface area contributed by atoms with Gasteiger partial charge in [0.1, 0.15) is 0 Å². The van der Waals surface area contributed by atoms with E-state index in [1.165, 1.54) is 11.1 Å². The Balaban J connectivity index is 1.64. The molecule has 0 unspecified atom stereocenters. The molecule has 3 heterocycles. The number of carbonyl (C=O) groups excluding carboxylic acids is 2. The van der Waals surface area contributed by atoms with E-state index in [0.29, 0.717) is 6.42 Å². The van der Waals surface area contributed by atoms with Crippen LogP contribution in [0.1, 0.15) is 47.7 Å². The number of aryl methyl sites for hydroxylation is 1. The van der Waals surface area contributed by atoms with Gasteiger partial charge >= 0.3 is 0 Å². The molecule has 116 valence electrons.